The topological polar surface area (TPSA) is 80.2 Å². The van der Waals surface area contributed by atoms with Crippen molar-refractivity contribution in [2.45, 2.75) is 39.5 Å². The lowest BCUT2D eigenvalue weighted by Crippen LogP contribution is -2.26. The first-order chi connectivity index (χ1) is 15.0. The number of aromatic nitrogens is 3. The fourth-order valence-electron chi connectivity index (χ4n) is 3.99. The maximum atomic E-state index is 12.6. The number of hydrogen-bond donors (Lipinski definition) is 1. The van der Waals surface area contributed by atoms with E-state index in [1.807, 2.05) is 23.4 Å². The van der Waals surface area contributed by atoms with Gasteiger partial charge < -0.3 is 10.1 Å². The predicted octanol–water partition coefficient (Wildman–Crippen LogP) is 4.95. The molecule has 1 aliphatic heterocycles. The number of nitrogens with zero attached hydrogens (tertiary/aromatic N) is 4. The molecule has 3 aliphatic rings. The summed E-state index contributed by atoms with van der Waals surface area (Å²) >= 11 is 1.45. The van der Waals surface area contributed by atoms with Crippen LogP contribution >= 0.6 is 11.3 Å². The zero-order valence-electron chi connectivity index (χ0n) is 17.5. The van der Waals surface area contributed by atoms with Crippen molar-refractivity contribution in [2.75, 3.05) is 10.2 Å². The maximum Gasteiger partial charge on any atom is 0.194 e. The lowest BCUT2D eigenvalue weighted by atomic mass is 9.78. The first-order valence-electron chi connectivity index (χ1n) is 10.3. The molecule has 5 rings (SSSR count). The van der Waals surface area contributed by atoms with Gasteiger partial charge in [0.25, 0.3) is 0 Å². The van der Waals surface area contributed by atoms with Crippen LogP contribution in [-0.4, -0.2) is 20.7 Å². The largest absolute Gasteiger partial charge is 0.462 e. The van der Waals surface area contributed by atoms with E-state index in [0.29, 0.717) is 12.2 Å². The van der Waals surface area contributed by atoms with Crippen LogP contribution < -0.4 is 10.2 Å². The Bertz CT molecular complexity index is 1140. The van der Waals surface area contributed by atoms with E-state index in [1.54, 1.807) is 24.9 Å². The highest BCUT2D eigenvalue weighted by atomic mass is 32.1. The van der Waals surface area contributed by atoms with E-state index in [2.05, 4.69) is 35.2 Å². The van der Waals surface area contributed by atoms with Gasteiger partial charge in [0.05, 0.1) is 23.0 Å². The number of rotatable bonds is 4. The van der Waals surface area contributed by atoms with E-state index < -0.39 is 0 Å². The minimum Gasteiger partial charge on any atom is -0.462 e. The Kier molecular flexibility index (Phi) is 4.94. The quantitative estimate of drug-likeness (QED) is 0.730. The van der Waals surface area contributed by atoms with Crippen LogP contribution in [0.2, 0.25) is 0 Å². The summed E-state index contributed by atoms with van der Waals surface area (Å²) in [5, 5.41) is 4.12. The lowest BCUT2D eigenvalue weighted by Gasteiger charge is -2.26. The second kappa shape index (κ2) is 7.77. The summed E-state index contributed by atoms with van der Waals surface area (Å²) in [7, 11) is 0. The third kappa shape index (κ3) is 4.03. The molecule has 2 aromatic rings. The molecule has 0 amide bonds. The van der Waals surface area contributed by atoms with Crippen LogP contribution in [0.25, 0.3) is 0 Å². The predicted molar refractivity (Wildman–Crippen MR) is 120 cm³/mol. The van der Waals surface area contributed by atoms with E-state index in [9.17, 15) is 4.79 Å². The second-order valence-electron chi connectivity index (χ2n) is 8.57. The Morgan fingerprint density at radius 2 is 2.16 bits per heavy atom. The number of nitrogens with one attached hydrogen (secondary N) is 1. The average molecular weight is 434 g/mol. The third-order valence-electron chi connectivity index (χ3n) is 5.41. The number of carbonyl (C=O) groups excluding carboxylic acids is 1. The SMILES string of the molecule is CC1(C)CC(=O)c2sc(N3C=COC(C4=C(Nc5cnccn5)C=CCC4)=C3)nc2C1. The first-order valence-corrected chi connectivity index (χ1v) is 11.1. The summed E-state index contributed by atoms with van der Waals surface area (Å²) in [5.41, 5.74) is 2.85. The van der Waals surface area contributed by atoms with Gasteiger partial charge >= 0.3 is 0 Å². The van der Waals surface area contributed by atoms with Gasteiger partial charge in [0.2, 0.25) is 0 Å². The molecule has 7 nitrogen and oxygen atoms in total. The third-order valence-corrected chi connectivity index (χ3v) is 6.56. The lowest BCUT2D eigenvalue weighted by molar-refractivity contribution is 0.0916. The van der Waals surface area contributed by atoms with Gasteiger partial charge in [0.15, 0.2) is 10.9 Å². The Hall–Kier alpha value is -3.26. The van der Waals surface area contributed by atoms with Crippen molar-refractivity contribution < 1.29 is 9.53 Å². The number of ether oxygens (including phenoxy) is 1. The van der Waals surface area contributed by atoms with Crippen molar-refractivity contribution in [3.63, 3.8) is 0 Å². The molecule has 0 spiro atoms. The van der Waals surface area contributed by atoms with E-state index in [4.69, 9.17) is 9.72 Å². The summed E-state index contributed by atoms with van der Waals surface area (Å²) < 4.78 is 5.87. The van der Waals surface area contributed by atoms with Crippen LogP contribution in [0.5, 0.6) is 0 Å². The number of hydrogen-bond acceptors (Lipinski definition) is 8. The fourth-order valence-corrected chi connectivity index (χ4v) is 4.97. The monoisotopic (exact) mass is 433 g/mol. The van der Waals surface area contributed by atoms with E-state index in [-0.39, 0.29) is 11.2 Å². The molecule has 0 atom stereocenters. The van der Waals surface area contributed by atoms with Gasteiger partial charge in [-0.05, 0) is 30.8 Å². The van der Waals surface area contributed by atoms with Crippen molar-refractivity contribution in [2.24, 2.45) is 5.41 Å². The number of allylic oxidation sites excluding steroid dienone is 3. The number of carbonyl (C=O) groups is 1. The van der Waals surface area contributed by atoms with Gasteiger partial charge in [-0.1, -0.05) is 31.3 Å². The molecule has 1 N–H and O–H groups in total. The molecule has 3 heterocycles. The molecular formula is C23H23N5O2S. The van der Waals surface area contributed by atoms with Gasteiger partial charge in [-0.2, -0.15) is 0 Å². The highest BCUT2D eigenvalue weighted by Gasteiger charge is 2.34. The van der Waals surface area contributed by atoms with Gasteiger partial charge in [-0.25, -0.2) is 9.97 Å². The molecule has 158 valence electrons. The molecule has 0 saturated heterocycles. The van der Waals surface area contributed by atoms with Crippen LogP contribution in [0.3, 0.4) is 0 Å². The summed E-state index contributed by atoms with van der Waals surface area (Å²) in [4.78, 5) is 28.5. The Morgan fingerprint density at radius 1 is 1.26 bits per heavy atom. The highest BCUT2D eigenvalue weighted by molar-refractivity contribution is 7.17. The molecule has 0 bridgehead atoms. The van der Waals surface area contributed by atoms with Crippen molar-refractivity contribution in [1.82, 2.24) is 15.0 Å². The normalized spacial score (nSPS) is 19.7. The summed E-state index contributed by atoms with van der Waals surface area (Å²) in [6.45, 7) is 4.24. The number of fused-ring (bicyclic) bond motifs is 1. The molecule has 0 fully saturated rings. The number of ketones is 1. The number of anilines is 2. The van der Waals surface area contributed by atoms with Crippen molar-refractivity contribution in [3.05, 3.63) is 77.0 Å². The molecule has 31 heavy (non-hydrogen) atoms. The Morgan fingerprint density at radius 3 is 3.00 bits per heavy atom. The van der Waals surface area contributed by atoms with Crippen LogP contribution in [0.4, 0.5) is 10.9 Å². The summed E-state index contributed by atoms with van der Waals surface area (Å²) in [6, 6.07) is 0. The summed E-state index contributed by atoms with van der Waals surface area (Å²) in [5.74, 6) is 1.61. The number of Topliss-reactive ketones (excluding diaryl/α,β-unsaturated/α-hetero) is 1. The van der Waals surface area contributed by atoms with Crippen LogP contribution in [0, 0.1) is 5.41 Å². The molecule has 8 heteroatoms. The molecule has 2 aliphatic carbocycles. The standard InChI is InChI=1S/C23H23N5O2S/c1-23(2)11-17-21(18(29)12-23)31-22(27-17)28-9-10-30-19(14-28)15-5-3-4-6-16(15)26-20-13-24-7-8-25-20/h4,6-10,13-14H,3,5,11-12H2,1-2H3,(H,25,26). The second-order valence-corrected chi connectivity index (χ2v) is 9.54. The smallest absolute Gasteiger partial charge is 0.194 e. The van der Waals surface area contributed by atoms with Crippen LogP contribution in [0.1, 0.15) is 48.5 Å². The molecule has 0 radical (unpaired) electrons. The van der Waals surface area contributed by atoms with Gasteiger partial charge in [0.1, 0.15) is 17.8 Å². The van der Waals surface area contributed by atoms with E-state index in [0.717, 1.165) is 52.0 Å². The Balaban J connectivity index is 1.46. The fraction of sp³-hybridized carbons (Fsp3) is 0.304. The molecule has 2 aromatic heterocycles. The highest BCUT2D eigenvalue weighted by Crippen LogP contribution is 2.40. The van der Waals surface area contributed by atoms with Crippen molar-refractivity contribution >= 4 is 28.1 Å². The van der Waals surface area contributed by atoms with Crippen LogP contribution in [0.15, 0.2) is 66.4 Å². The van der Waals surface area contributed by atoms with Gasteiger partial charge in [0, 0.05) is 36.3 Å². The molecule has 0 unspecified atom stereocenters. The first kappa shape index (κ1) is 19.7. The number of thiazole rings is 1. The minimum absolute atomic E-state index is 0.0442. The zero-order chi connectivity index (χ0) is 21.4. The maximum absolute atomic E-state index is 12.6. The molecule has 0 saturated carbocycles. The Labute approximate surface area is 184 Å². The zero-order valence-corrected chi connectivity index (χ0v) is 18.3. The van der Waals surface area contributed by atoms with Gasteiger partial charge in [-0.15, -0.1) is 0 Å². The summed E-state index contributed by atoms with van der Waals surface area (Å²) in [6.07, 6.45) is 17.7. The average Bonchev–Trinajstić information content (AvgIpc) is 3.18. The minimum atomic E-state index is -0.0442. The molecule has 0 aromatic carbocycles. The molecular weight excluding hydrogens is 410 g/mol. The van der Waals surface area contributed by atoms with E-state index >= 15 is 0 Å². The van der Waals surface area contributed by atoms with E-state index in [1.165, 1.54) is 11.3 Å². The van der Waals surface area contributed by atoms with Gasteiger partial charge in [-0.3, -0.25) is 14.7 Å². The van der Waals surface area contributed by atoms with Crippen LogP contribution in [-0.2, 0) is 11.2 Å². The van der Waals surface area contributed by atoms with Crippen molar-refractivity contribution in [1.29, 1.82) is 0 Å². The van der Waals surface area contributed by atoms with Crippen molar-refractivity contribution in [3.8, 4) is 0 Å².